The van der Waals surface area contributed by atoms with Crippen LogP contribution in [0.15, 0.2) is 6.07 Å². The summed E-state index contributed by atoms with van der Waals surface area (Å²) in [7, 11) is 0. The van der Waals surface area contributed by atoms with E-state index < -0.39 is 0 Å². The van der Waals surface area contributed by atoms with Gasteiger partial charge in [0.15, 0.2) is 0 Å². The Morgan fingerprint density at radius 3 is 2.74 bits per heavy atom. The molecule has 4 nitrogen and oxygen atoms in total. The molecule has 0 amide bonds. The predicted molar refractivity (Wildman–Crippen MR) is 84.2 cm³/mol. The van der Waals surface area contributed by atoms with Gasteiger partial charge in [-0.15, -0.1) is 0 Å². The van der Waals surface area contributed by atoms with Crippen LogP contribution in [0.25, 0.3) is 0 Å². The summed E-state index contributed by atoms with van der Waals surface area (Å²) in [5, 5.41) is 4.50. The molecule has 108 valence electrons. The molecule has 0 fully saturated rings. The van der Waals surface area contributed by atoms with Crippen LogP contribution in [0.5, 0.6) is 0 Å². The van der Waals surface area contributed by atoms with Crippen LogP contribution in [-0.2, 0) is 13.1 Å². The van der Waals surface area contributed by atoms with Crippen LogP contribution in [-0.4, -0.2) is 32.8 Å². The quantitative estimate of drug-likeness (QED) is 0.744. The lowest BCUT2D eigenvalue weighted by molar-refractivity contribution is 0.236. The molecule has 1 aromatic heterocycles. The molecule has 0 aliphatic rings. The van der Waals surface area contributed by atoms with Gasteiger partial charge in [-0.25, -0.2) is 0 Å². The summed E-state index contributed by atoms with van der Waals surface area (Å²) in [5.41, 5.74) is 7.96. The molecule has 0 spiro atoms. The predicted octanol–water partition coefficient (Wildman–Crippen LogP) is 2.35. The summed E-state index contributed by atoms with van der Waals surface area (Å²) in [6.07, 6.45) is 0.779. The largest absolute Gasteiger partial charge is 0.393 e. The lowest BCUT2D eigenvalue weighted by atomic mass is 10.2. The van der Waals surface area contributed by atoms with E-state index in [0.717, 1.165) is 38.3 Å². The van der Waals surface area contributed by atoms with Crippen molar-refractivity contribution in [2.45, 2.75) is 47.2 Å². The second kappa shape index (κ2) is 7.60. The van der Waals surface area contributed by atoms with Crippen molar-refractivity contribution in [1.29, 1.82) is 0 Å². The first kappa shape index (κ1) is 16.1. The molecule has 0 saturated heterocycles. The first-order valence-electron chi connectivity index (χ1n) is 6.96. The second-order valence-electron chi connectivity index (χ2n) is 5.44. The van der Waals surface area contributed by atoms with Crippen LogP contribution in [0.2, 0.25) is 0 Å². The van der Waals surface area contributed by atoms with E-state index in [2.05, 4.69) is 41.5 Å². The summed E-state index contributed by atoms with van der Waals surface area (Å²) in [6.45, 7) is 12.4. The van der Waals surface area contributed by atoms with Gasteiger partial charge in [-0.2, -0.15) is 5.10 Å². The summed E-state index contributed by atoms with van der Waals surface area (Å²) in [5.74, 6) is 0.630. The topological polar surface area (TPSA) is 47.1 Å². The maximum absolute atomic E-state index is 5.61. The molecule has 5 heteroatoms. The Labute approximate surface area is 122 Å². The first-order valence-corrected chi connectivity index (χ1v) is 7.37. The maximum atomic E-state index is 5.61. The number of aryl methyl sites for hydroxylation is 2. The number of rotatable bonds is 8. The van der Waals surface area contributed by atoms with Crippen LogP contribution in [0.4, 0.5) is 0 Å². The van der Waals surface area contributed by atoms with Crippen LogP contribution >= 0.6 is 12.2 Å². The molecule has 0 aromatic carbocycles. The minimum absolute atomic E-state index is 0.592. The number of hydrogen-bond acceptors (Lipinski definition) is 3. The Kier molecular flexibility index (Phi) is 6.45. The van der Waals surface area contributed by atoms with E-state index in [0.29, 0.717) is 10.9 Å². The highest BCUT2D eigenvalue weighted by Gasteiger charge is 2.12. The zero-order valence-corrected chi connectivity index (χ0v) is 13.3. The number of nitrogens with two attached hydrogens (primary N) is 1. The number of aromatic nitrogens is 2. The van der Waals surface area contributed by atoms with Gasteiger partial charge >= 0.3 is 0 Å². The Hall–Kier alpha value is -0.940. The lowest BCUT2D eigenvalue weighted by Gasteiger charge is -2.24. The highest BCUT2D eigenvalue weighted by Crippen LogP contribution is 2.10. The standard InChI is InChI=1S/C14H26N4S/c1-5-18-13(8-12(4)16-18)10-17(9-11(2)3)7-6-14(15)19/h8,11H,5-7,9-10H2,1-4H3,(H2,15,19). The van der Waals surface area contributed by atoms with E-state index in [9.17, 15) is 0 Å². The molecule has 1 heterocycles. The van der Waals surface area contributed by atoms with E-state index in [4.69, 9.17) is 18.0 Å². The summed E-state index contributed by atoms with van der Waals surface area (Å²) in [4.78, 5) is 3.00. The Balaban J connectivity index is 2.71. The monoisotopic (exact) mass is 282 g/mol. The summed E-state index contributed by atoms with van der Waals surface area (Å²) >= 11 is 4.98. The van der Waals surface area contributed by atoms with E-state index in [1.165, 1.54) is 5.69 Å². The minimum atomic E-state index is 0.592. The number of nitrogens with zero attached hydrogens (tertiary/aromatic N) is 3. The molecule has 0 unspecified atom stereocenters. The van der Waals surface area contributed by atoms with E-state index in [1.54, 1.807) is 0 Å². The number of hydrogen-bond donors (Lipinski definition) is 1. The fraction of sp³-hybridized carbons (Fsp3) is 0.714. The lowest BCUT2D eigenvalue weighted by Crippen LogP contribution is -2.31. The zero-order valence-electron chi connectivity index (χ0n) is 12.5. The van der Waals surface area contributed by atoms with E-state index in [-0.39, 0.29) is 0 Å². The van der Waals surface area contributed by atoms with Gasteiger partial charge in [0.25, 0.3) is 0 Å². The molecule has 0 aliphatic carbocycles. The highest BCUT2D eigenvalue weighted by molar-refractivity contribution is 7.80. The third-order valence-corrected chi connectivity index (χ3v) is 3.17. The molecule has 0 radical (unpaired) electrons. The average Bonchev–Trinajstić information content (AvgIpc) is 2.65. The van der Waals surface area contributed by atoms with Crippen molar-refractivity contribution in [3.63, 3.8) is 0 Å². The third-order valence-electron chi connectivity index (χ3n) is 2.97. The van der Waals surface area contributed by atoms with Crippen molar-refractivity contribution in [3.8, 4) is 0 Å². The highest BCUT2D eigenvalue weighted by atomic mass is 32.1. The molecule has 0 atom stereocenters. The molecular weight excluding hydrogens is 256 g/mol. The fourth-order valence-corrected chi connectivity index (χ4v) is 2.34. The van der Waals surface area contributed by atoms with Gasteiger partial charge in [0, 0.05) is 32.6 Å². The molecule has 0 aliphatic heterocycles. The number of thiocarbonyl (C=S) groups is 1. The van der Waals surface area contributed by atoms with E-state index in [1.807, 2.05) is 6.92 Å². The van der Waals surface area contributed by atoms with Crippen LogP contribution in [0.3, 0.4) is 0 Å². The first-order chi connectivity index (χ1) is 8.92. The SMILES string of the molecule is CCn1nc(C)cc1CN(CCC(N)=S)CC(C)C. The third kappa shape index (κ3) is 5.70. The van der Waals surface area contributed by atoms with Crippen LogP contribution in [0.1, 0.15) is 38.6 Å². The van der Waals surface area contributed by atoms with Crippen molar-refractivity contribution >= 4 is 17.2 Å². The van der Waals surface area contributed by atoms with Crippen molar-refractivity contribution < 1.29 is 0 Å². The van der Waals surface area contributed by atoms with Gasteiger partial charge in [-0.1, -0.05) is 26.1 Å². The molecule has 1 aromatic rings. The molecule has 1 rings (SSSR count). The van der Waals surface area contributed by atoms with Gasteiger partial charge in [-0.05, 0) is 25.8 Å². The average molecular weight is 282 g/mol. The van der Waals surface area contributed by atoms with Gasteiger partial charge < -0.3 is 5.73 Å². The molecule has 0 saturated carbocycles. The van der Waals surface area contributed by atoms with Crippen LogP contribution < -0.4 is 5.73 Å². The van der Waals surface area contributed by atoms with Crippen LogP contribution in [0, 0.1) is 12.8 Å². The molecule has 19 heavy (non-hydrogen) atoms. The van der Waals surface area contributed by atoms with Crippen molar-refractivity contribution in [2.75, 3.05) is 13.1 Å². The van der Waals surface area contributed by atoms with Crippen molar-refractivity contribution in [1.82, 2.24) is 14.7 Å². The van der Waals surface area contributed by atoms with E-state index >= 15 is 0 Å². The Morgan fingerprint density at radius 1 is 1.53 bits per heavy atom. The fourth-order valence-electron chi connectivity index (χ4n) is 2.25. The maximum Gasteiger partial charge on any atom is 0.0740 e. The summed E-state index contributed by atoms with van der Waals surface area (Å²) < 4.78 is 2.07. The molecule has 2 N–H and O–H groups in total. The van der Waals surface area contributed by atoms with Crippen molar-refractivity contribution in [3.05, 3.63) is 17.5 Å². The summed E-state index contributed by atoms with van der Waals surface area (Å²) in [6, 6.07) is 2.16. The zero-order chi connectivity index (χ0) is 14.4. The Morgan fingerprint density at radius 2 is 2.21 bits per heavy atom. The van der Waals surface area contributed by atoms with Gasteiger partial charge in [0.05, 0.1) is 16.4 Å². The Bertz CT molecular complexity index is 412. The molecular formula is C14H26N4S. The minimum Gasteiger partial charge on any atom is -0.393 e. The smallest absolute Gasteiger partial charge is 0.0740 e. The normalized spacial score (nSPS) is 11.5. The molecule has 0 bridgehead atoms. The second-order valence-corrected chi connectivity index (χ2v) is 5.96. The van der Waals surface area contributed by atoms with Crippen molar-refractivity contribution in [2.24, 2.45) is 11.7 Å². The van der Waals surface area contributed by atoms with Gasteiger partial charge in [-0.3, -0.25) is 9.58 Å². The van der Waals surface area contributed by atoms with Gasteiger partial charge in [0.1, 0.15) is 0 Å². The van der Waals surface area contributed by atoms with Gasteiger partial charge in [0.2, 0.25) is 0 Å².